The Kier molecular flexibility index (Phi) is 4.81. The average Bonchev–Trinajstić information content (AvgIpc) is 2.46. The number of rotatable bonds is 3. The van der Waals surface area contributed by atoms with Crippen molar-refractivity contribution in [3.05, 3.63) is 23.4 Å². The van der Waals surface area contributed by atoms with Gasteiger partial charge >= 0.3 is 5.97 Å². The molecule has 2 rings (SSSR count). The maximum Gasteiger partial charge on any atom is 0.335 e. The Morgan fingerprint density at radius 2 is 2.19 bits per heavy atom. The molecule has 1 aromatic rings. The lowest BCUT2D eigenvalue weighted by molar-refractivity contribution is 0.0696. The van der Waals surface area contributed by atoms with Gasteiger partial charge in [-0.25, -0.2) is 9.78 Å². The molecule has 5 heteroatoms. The molecule has 1 atom stereocenters. The van der Waals surface area contributed by atoms with Crippen molar-refractivity contribution < 1.29 is 9.90 Å². The van der Waals surface area contributed by atoms with Crippen LogP contribution >= 0.6 is 11.8 Å². The van der Waals surface area contributed by atoms with E-state index in [1.165, 1.54) is 0 Å². The summed E-state index contributed by atoms with van der Waals surface area (Å²) >= 11 is 2.00. The van der Waals surface area contributed by atoms with Gasteiger partial charge in [0.2, 0.25) is 0 Å². The van der Waals surface area contributed by atoms with Crippen LogP contribution in [0.3, 0.4) is 0 Å². The summed E-state index contributed by atoms with van der Waals surface area (Å²) < 4.78 is 0. The van der Waals surface area contributed by atoms with E-state index in [4.69, 9.17) is 4.98 Å². The monoisotopic (exact) mass is 308 g/mol. The van der Waals surface area contributed by atoms with E-state index in [1.54, 1.807) is 12.1 Å². The van der Waals surface area contributed by atoms with E-state index in [2.05, 4.69) is 32.6 Å². The van der Waals surface area contributed by atoms with Crippen molar-refractivity contribution in [2.45, 2.75) is 44.8 Å². The SMILES string of the molecule is CCC1CN(c2cc(C(=O)O)cc(C(C)(C)C)n2)CCS1. The number of carbonyl (C=O) groups is 1. The first-order valence-electron chi connectivity index (χ1n) is 7.43. The number of hydrogen-bond acceptors (Lipinski definition) is 4. The Morgan fingerprint density at radius 3 is 2.76 bits per heavy atom. The molecule has 21 heavy (non-hydrogen) atoms. The Bertz CT molecular complexity index is 525. The summed E-state index contributed by atoms with van der Waals surface area (Å²) in [5.74, 6) is 0.989. The molecule has 116 valence electrons. The molecule has 1 fully saturated rings. The van der Waals surface area contributed by atoms with Gasteiger partial charge in [-0.05, 0) is 18.6 Å². The molecule has 0 spiro atoms. The van der Waals surface area contributed by atoms with Crippen LogP contribution in [-0.2, 0) is 5.41 Å². The summed E-state index contributed by atoms with van der Waals surface area (Å²) in [5.41, 5.74) is 1.01. The van der Waals surface area contributed by atoms with Crippen molar-refractivity contribution >= 4 is 23.5 Å². The van der Waals surface area contributed by atoms with Gasteiger partial charge in [0.05, 0.1) is 5.56 Å². The lowest BCUT2D eigenvalue weighted by Gasteiger charge is -2.33. The molecule has 1 aliphatic rings. The summed E-state index contributed by atoms with van der Waals surface area (Å²) in [4.78, 5) is 18.3. The van der Waals surface area contributed by atoms with Gasteiger partial charge in [0, 0.05) is 35.2 Å². The first kappa shape index (κ1) is 16.1. The van der Waals surface area contributed by atoms with Gasteiger partial charge in [-0.1, -0.05) is 27.7 Å². The highest BCUT2D eigenvalue weighted by molar-refractivity contribution is 8.00. The van der Waals surface area contributed by atoms with Gasteiger partial charge < -0.3 is 10.0 Å². The highest BCUT2D eigenvalue weighted by atomic mass is 32.2. The minimum Gasteiger partial charge on any atom is -0.478 e. The number of nitrogens with zero attached hydrogens (tertiary/aromatic N) is 2. The molecule has 0 bridgehead atoms. The maximum atomic E-state index is 11.4. The number of aromatic nitrogens is 1. The first-order chi connectivity index (χ1) is 9.81. The number of carboxylic acids is 1. The van der Waals surface area contributed by atoms with Crippen LogP contribution in [0, 0.1) is 0 Å². The summed E-state index contributed by atoms with van der Waals surface area (Å²) in [5, 5.41) is 9.95. The topological polar surface area (TPSA) is 53.4 Å². The van der Waals surface area contributed by atoms with Gasteiger partial charge in [-0.2, -0.15) is 11.8 Å². The van der Waals surface area contributed by atoms with Crippen LogP contribution in [-0.4, -0.2) is 40.2 Å². The fourth-order valence-electron chi connectivity index (χ4n) is 2.36. The van der Waals surface area contributed by atoms with E-state index in [0.717, 1.165) is 36.8 Å². The van der Waals surface area contributed by atoms with Crippen LogP contribution in [0.25, 0.3) is 0 Å². The molecular weight excluding hydrogens is 284 g/mol. The van der Waals surface area contributed by atoms with Crippen molar-refractivity contribution in [1.82, 2.24) is 4.98 Å². The van der Waals surface area contributed by atoms with Gasteiger partial charge in [-0.3, -0.25) is 0 Å². The van der Waals surface area contributed by atoms with Gasteiger partial charge in [-0.15, -0.1) is 0 Å². The van der Waals surface area contributed by atoms with Crippen LogP contribution in [0.15, 0.2) is 12.1 Å². The highest BCUT2D eigenvalue weighted by Crippen LogP contribution is 2.28. The van der Waals surface area contributed by atoms with Gasteiger partial charge in [0.15, 0.2) is 0 Å². The average molecular weight is 308 g/mol. The number of anilines is 1. The number of aromatic carboxylic acids is 1. The van der Waals surface area contributed by atoms with Crippen LogP contribution in [0.1, 0.15) is 50.2 Å². The van der Waals surface area contributed by atoms with Crippen molar-refractivity contribution in [3.8, 4) is 0 Å². The molecular formula is C16H24N2O2S. The van der Waals surface area contributed by atoms with Crippen molar-refractivity contribution in [1.29, 1.82) is 0 Å². The zero-order chi connectivity index (χ0) is 15.6. The number of carboxylic acid groups (broad SMARTS) is 1. The normalized spacial score (nSPS) is 19.6. The Morgan fingerprint density at radius 1 is 1.48 bits per heavy atom. The zero-order valence-corrected chi connectivity index (χ0v) is 14.0. The Hall–Kier alpha value is -1.23. The van der Waals surface area contributed by atoms with Crippen LogP contribution in [0.5, 0.6) is 0 Å². The third-order valence-electron chi connectivity index (χ3n) is 3.75. The van der Waals surface area contributed by atoms with Gasteiger partial charge in [0.1, 0.15) is 5.82 Å². The summed E-state index contributed by atoms with van der Waals surface area (Å²) in [6.45, 7) is 10.3. The minimum atomic E-state index is -0.887. The smallest absolute Gasteiger partial charge is 0.335 e. The van der Waals surface area contributed by atoms with Crippen molar-refractivity contribution in [3.63, 3.8) is 0 Å². The van der Waals surface area contributed by atoms with Gasteiger partial charge in [0.25, 0.3) is 0 Å². The fraction of sp³-hybridized carbons (Fsp3) is 0.625. The lowest BCUT2D eigenvalue weighted by Crippen LogP contribution is -2.38. The van der Waals surface area contributed by atoms with Crippen LogP contribution in [0.4, 0.5) is 5.82 Å². The van der Waals surface area contributed by atoms with E-state index >= 15 is 0 Å². The molecule has 0 saturated carbocycles. The first-order valence-corrected chi connectivity index (χ1v) is 8.48. The maximum absolute atomic E-state index is 11.4. The van der Waals surface area contributed by atoms with E-state index < -0.39 is 5.97 Å². The summed E-state index contributed by atoms with van der Waals surface area (Å²) in [7, 11) is 0. The standard InChI is InChI=1S/C16H24N2O2S/c1-5-12-10-18(6-7-21-12)14-9-11(15(19)20)8-13(17-14)16(2,3)4/h8-9,12H,5-7,10H2,1-4H3,(H,19,20). The van der Waals surface area contributed by atoms with Crippen LogP contribution < -0.4 is 4.90 Å². The van der Waals surface area contributed by atoms with Crippen LogP contribution in [0.2, 0.25) is 0 Å². The second-order valence-corrected chi connectivity index (χ2v) is 7.91. The van der Waals surface area contributed by atoms with Crippen molar-refractivity contribution in [2.24, 2.45) is 0 Å². The predicted molar refractivity (Wildman–Crippen MR) is 88.6 cm³/mol. The second kappa shape index (κ2) is 6.26. The summed E-state index contributed by atoms with van der Waals surface area (Å²) in [6, 6.07) is 3.40. The Balaban J connectivity index is 2.38. The molecule has 1 aromatic heterocycles. The lowest BCUT2D eigenvalue weighted by atomic mass is 9.90. The Labute approximate surface area is 130 Å². The molecule has 0 aromatic carbocycles. The van der Waals surface area contributed by atoms with E-state index in [-0.39, 0.29) is 5.41 Å². The third-order valence-corrected chi connectivity index (χ3v) is 5.12. The molecule has 1 saturated heterocycles. The zero-order valence-electron chi connectivity index (χ0n) is 13.2. The molecule has 0 radical (unpaired) electrons. The quantitative estimate of drug-likeness (QED) is 0.927. The van der Waals surface area contributed by atoms with Crippen molar-refractivity contribution in [2.75, 3.05) is 23.7 Å². The molecule has 4 nitrogen and oxygen atoms in total. The molecule has 0 aliphatic carbocycles. The molecule has 1 unspecified atom stereocenters. The largest absolute Gasteiger partial charge is 0.478 e. The second-order valence-electron chi connectivity index (χ2n) is 6.50. The summed E-state index contributed by atoms with van der Waals surface area (Å²) in [6.07, 6.45) is 1.13. The van der Waals surface area contributed by atoms with E-state index in [9.17, 15) is 9.90 Å². The molecule has 0 amide bonds. The molecule has 1 aliphatic heterocycles. The fourth-order valence-corrected chi connectivity index (χ4v) is 3.54. The molecule has 1 N–H and O–H groups in total. The highest BCUT2D eigenvalue weighted by Gasteiger charge is 2.24. The number of thioether (sulfide) groups is 1. The van der Waals surface area contributed by atoms with E-state index in [0.29, 0.717) is 10.8 Å². The molecule has 2 heterocycles. The number of pyridine rings is 1. The predicted octanol–water partition coefficient (Wildman–Crippen LogP) is 3.41. The number of hydrogen-bond donors (Lipinski definition) is 1. The van der Waals surface area contributed by atoms with E-state index in [1.807, 2.05) is 11.8 Å². The third kappa shape index (κ3) is 3.90. The minimum absolute atomic E-state index is 0.158.